The minimum absolute atomic E-state index is 0.0187. The number of amides is 2. The summed E-state index contributed by atoms with van der Waals surface area (Å²) in [6, 6.07) is 0. The number of carbonyl (C=O) groups is 3. The molecule has 0 saturated carbocycles. The van der Waals surface area contributed by atoms with Gasteiger partial charge in [-0.05, 0) is 38.1 Å². The van der Waals surface area contributed by atoms with Crippen molar-refractivity contribution in [1.29, 1.82) is 0 Å². The highest BCUT2D eigenvalue weighted by Crippen LogP contribution is 2.40. The van der Waals surface area contributed by atoms with Gasteiger partial charge in [-0.1, -0.05) is 90.0 Å². The SMILES string of the molecule is CC.CC.CC(=O)C(C)(C)CC(C)C.CC(C)(C)CC(C)(C)SC1CC(=O)NC1=O.CN. The van der Waals surface area contributed by atoms with Crippen LogP contribution in [0.25, 0.3) is 0 Å². The van der Waals surface area contributed by atoms with Gasteiger partial charge in [0.05, 0.1) is 5.25 Å². The van der Waals surface area contributed by atoms with E-state index in [1.165, 1.54) is 7.05 Å². The lowest BCUT2D eigenvalue weighted by atomic mass is 9.81. The average molecular weight is 477 g/mol. The molecule has 5 nitrogen and oxygen atoms in total. The first-order valence-corrected chi connectivity index (χ1v) is 12.9. The third kappa shape index (κ3) is 21.0. The predicted octanol–water partition coefficient (Wildman–Crippen LogP) is 6.62. The highest BCUT2D eigenvalue weighted by molar-refractivity contribution is 8.02. The van der Waals surface area contributed by atoms with Crippen LogP contribution in [-0.2, 0) is 14.4 Å². The first-order valence-electron chi connectivity index (χ1n) is 12.1. The van der Waals surface area contributed by atoms with Crippen LogP contribution in [0.1, 0.15) is 116 Å². The molecule has 0 spiro atoms. The van der Waals surface area contributed by atoms with E-state index in [4.69, 9.17) is 0 Å². The quantitative estimate of drug-likeness (QED) is 0.420. The zero-order valence-electron chi connectivity index (χ0n) is 24.0. The van der Waals surface area contributed by atoms with Crippen LogP contribution in [-0.4, -0.2) is 34.6 Å². The summed E-state index contributed by atoms with van der Waals surface area (Å²) in [5.74, 6) is 0.631. The van der Waals surface area contributed by atoms with Gasteiger partial charge in [0.25, 0.3) is 0 Å². The van der Waals surface area contributed by atoms with Gasteiger partial charge >= 0.3 is 0 Å². The minimum Gasteiger partial charge on any atom is -0.333 e. The number of hydrogen-bond acceptors (Lipinski definition) is 5. The number of ketones is 1. The number of nitrogens with two attached hydrogens (primary N) is 1. The lowest BCUT2D eigenvalue weighted by Gasteiger charge is -2.33. The van der Waals surface area contributed by atoms with E-state index in [2.05, 4.69) is 59.5 Å². The highest BCUT2D eigenvalue weighted by Gasteiger charge is 2.37. The van der Waals surface area contributed by atoms with Crippen LogP contribution in [0, 0.1) is 16.7 Å². The summed E-state index contributed by atoms with van der Waals surface area (Å²) < 4.78 is 0.0187. The minimum atomic E-state index is -0.204. The van der Waals surface area contributed by atoms with Gasteiger partial charge in [-0.25, -0.2) is 0 Å². The lowest BCUT2D eigenvalue weighted by molar-refractivity contribution is -0.126. The smallest absolute Gasteiger partial charge is 0.240 e. The molecule has 6 heteroatoms. The predicted molar refractivity (Wildman–Crippen MR) is 144 cm³/mol. The summed E-state index contributed by atoms with van der Waals surface area (Å²) in [5, 5.41) is 2.15. The van der Waals surface area contributed by atoms with E-state index in [0.29, 0.717) is 18.1 Å². The Hall–Kier alpha value is -0.880. The van der Waals surface area contributed by atoms with Gasteiger partial charge in [-0.15, -0.1) is 11.8 Å². The van der Waals surface area contributed by atoms with E-state index < -0.39 is 0 Å². The fraction of sp³-hybridized carbons (Fsp3) is 0.885. The van der Waals surface area contributed by atoms with E-state index in [0.717, 1.165) is 12.8 Å². The van der Waals surface area contributed by atoms with Crippen molar-refractivity contribution in [3.05, 3.63) is 0 Å². The molecular weight excluding hydrogens is 420 g/mol. The molecule has 1 saturated heterocycles. The van der Waals surface area contributed by atoms with Crippen LogP contribution >= 0.6 is 11.8 Å². The number of imide groups is 1. The second kappa shape index (κ2) is 18.5. The molecule has 0 aromatic carbocycles. The first-order chi connectivity index (χ1) is 14.4. The van der Waals surface area contributed by atoms with Crippen molar-refractivity contribution >= 4 is 29.4 Å². The van der Waals surface area contributed by atoms with Crippen molar-refractivity contribution in [3.63, 3.8) is 0 Å². The third-order valence-corrected chi connectivity index (χ3v) is 5.66. The van der Waals surface area contributed by atoms with Gasteiger partial charge in [0.15, 0.2) is 0 Å². The molecule has 194 valence electrons. The molecule has 1 atom stereocenters. The van der Waals surface area contributed by atoms with Gasteiger partial charge in [0.2, 0.25) is 11.8 Å². The molecule has 1 fully saturated rings. The number of Topliss-reactive ketones (excluding diaryl/α,β-unsaturated/α-hetero) is 1. The number of thioether (sulfide) groups is 1. The molecule has 2 amide bonds. The maximum absolute atomic E-state index is 11.5. The average Bonchev–Trinajstić information content (AvgIpc) is 2.93. The van der Waals surface area contributed by atoms with Crippen molar-refractivity contribution in [2.24, 2.45) is 22.5 Å². The summed E-state index contributed by atoms with van der Waals surface area (Å²) in [7, 11) is 1.50. The fourth-order valence-corrected chi connectivity index (χ4v) is 5.18. The van der Waals surface area contributed by atoms with Gasteiger partial charge in [0, 0.05) is 16.6 Å². The largest absolute Gasteiger partial charge is 0.333 e. The summed E-state index contributed by atoms with van der Waals surface area (Å²) in [4.78, 5) is 33.6. The standard InChI is InChI=1S/C12H21NO2S.C9H18O.2C2H6.CH5N/c1-11(2,3)7-12(4,5)16-8-6-9(14)13-10(8)15;1-7(2)6-9(4,5)8(3)10;3*1-2/h8H,6-7H2,1-5H3,(H,13,14,15);7H,6H2,1-5H3;2*1-2H3;2H2,1H3. The van der Waals surface area contributed by atoms with E-state index in [9.17, 15) is 14.4 Å². The van der Waals surface area contributed by atoms with E-state index in [1.54, 1.807) is 18.7 Å². The molecular formula is C26H56N2O3S. The lowest BCUT2D eigenvalue weighted by Crippen LogP contribution is -2.30. The molecule has 1 heterocycles. The maximum atomic E-state index is 11.5. The number of rotatable bonds is 6. The van der Waals surface area contributed by atoms with Crippen LogP contribution in [0.15, 0.2) is 0 Å². The monoisotopic (exact) mass is 476 g/mol. The van der Waals surface area contributed by atoms with E-state index in [-0.39, 0.29) is 32.6 Å². The van der Waals surface area contributed by atoms with Crippen LogP contribution in [0.2, 0.25) is 0 Å². The molecule has 0 aliphatic carbocycles. The van der Waals surface area contributed by atoms with Crippen LogP contribution in [0.3, 0.4) is 0 Å². The Labute approximate surface area is 204 Å². The van der Waals surface area contributed by atoms with Crippen LogP contribution in [0.5, 0.6) is 0 Å². The third-order valence-electron chi connectivity index (χ3n) is 4.21. The molecule has 1 unspecified atom stereocenters. The topological polar surface area (TPSA) is 89.3 Å². The molecule has 0 aromatic rings. The zero-order valence-corrected chi connectivity index (χ0v) is 24.8. The molecule has 1 aliphatic rings. The Morgan fingerprint density at radius 1 is 1.00 bits per heavy atom. The molecule has 32 heavy (non-hydrogen) atoms. The molecule has 0 aromatic heterocycles. The summed E-state index contributed by atoms with van der Waals surface area (Å²) in [6.07, 6.45) is 2.34. The van der Waals surface area contributed by atoms with E-state index >= 15 is 0 Å². The molecule has 1 rings (SSSR count). The summed E-state index contributed by atoms with van der Waals surface area (Å²) >= 11 is 1.62. The Balaban J connectivity index is -0.000000211. The maximum Gasteiger partial charge on any atom is 0.240 e. The number of carbonyl (C=O) groups excluding carboxylic acids is 3. The Morgan fingerprint density at radius 2 is 1.41 bits per heavy atom. The number of hydrogen-bond donors (Lipinski definition) is 2. The Kier molecular flexibility index (Phi) is 22.2. The van der Waals surface area contributed by atoms with Crippen molar-refractivity contribution < 1.29 is 14.4 Å². The van der Waals surface area contributed by atoms with Crippen molar-refractivity contribution in [3.8, 4) is 0 Å². The normalized spacial score (nSPS) is 15.6. The molecule has 3 N–H and O–H groups in total. The van der Waals surface area contributed by atoms with Crippen molar-refractivity contribution in [2.75, 3.05) is 7.05 Å². The Morgan fingerprint density at radius 3 is 1.62 bits per heavy atom. The highest BCUT2D eigenvalue weighted by atomic mass is 32.2. The van der Waals surface area contributed by atoms with Gasteiger partial charge in [-0.3, -0.25) is 19.7 Å². The van der Waals surface area contributed by atoms with Crippen molar-refractivity contribution in [1.82, 2.24) is 5.32 Å². The zero-order chi connectivity index (χ0) is 26.9. The second-order valence-electron chi connectivity index (χ2n) is 10.3. The van der Waals surface area contributed by atoms with Crippen LogP contribution < -0.4 is 11.1 Å². The molecule has 1 aliphatic heterocycles. The molecule has 0 bridgehead atoms. The first kappa shape index (κ1) is 38.4. The summed E-state index contributed by atoms with van der Waals surface area (Å²) in [6.45, 7) is 28.8. The summed E-state index contributed by atoms with van der Waals surface area (Å²) in [5.41, 5.74) is 4.61. The number of nitrogens with one attached hydrogen (secondary N) is 1. The van der Waals surface area contributed by atoms with Gasteiger partial charge in [-0.2, -0.15) is 0 Å². The Bertz CT molecular complexity index is 522. The molecule has 0 radical (unpaired) electrons. The van der Waals surface area contributed by atoms with Gasteiger partial charge < -0.3 is 5.73 Å². The fourth-order valence-electron chi connectivity index (χ4n) is 3.49. The van der Waals surface area contributed by atoms with Gasteiger partial charge in [0.1, 0.15) is 5.78 Å². The second-order valence-corrected chi connectivity index (χ2v) is 12.2. The van der Waals surface area contributed by atoms with E-state index in [1.807, 2.05) is 41.5 Å². The van der Waals surface area contributed by atoms with Crippen LogP contribution in [0.4, 0.5) is 0 Å². The van der Waals surface area contributed by atoms with Crippen molar-refractivity contribution in [2.45, 2.75) is 126 Å².